The maximum atomic E-state index is 12.3. The zero-order chi connectivity index (χ0) is 13.8. The van der Waals surface area contributed by atoms with Crippen molar-refractivity contribution in [3.63, 3.8) is 0 Å². The fraction of sp³-hybridized carbons (Fsp3) is 0.533. The standard InChI is InChI=1S/C15H22N2OS/c1-11(16-2)15(18)17(13-6-7-13)10-12-4-8-14(19-3)9-5-12/h4-5,8-9,11,13,16H,6-7,10H2,1-3H3/t11-/m0/s1. The van der Waals surface area contributed by atoms with E-state index in [9.17, 15) is 4.79 Å². The largest absolute Gasteiger partial charge is 0.334 e. The van der Waals surface area contributed by atoms with E-state index in [2.05, 4.69) is 35.8 Å². The van der Waals surface area contributed by atoms with Crippen LogP contribution in [0.3, 0.4) is 0 Å². The maximum absolute atomic E-state index is 12.3. The Bertz CT molecular complexity index is 428. The summed E-state index contributed by atoms with van der Waals surface area (Å²) in [7, 11) is 1.83. The van der Waals surface area contributed by atoms with Crippen LogP contribution >= 0.6 is 11.8 Å². The zero-order valence-electron chi connectivity index (χ0n) is 11.8. The van der Waals surface area contributed by atoms with Gasteiger partial charge in [-0.1, -0.05) is 12.1 Å². The van der Waals surface area contributed by atoms with Gasteiger partial charge in [0.15, 0.2) is 0 Å². The first-order chi connectivity index (χ1) is 9.15. The Hall–Kier alpha value is -1.00. The number of nitrogens with zero attached hydrogens (tertiary/aromatic N) is 1. The number of carbonyl (C=O) groups is 1. The lowest BCUT2D eigenvalue weighted by Gasteiger charge is -2.25. The number of amides is 1. The summed E-state index contributed by atoms with van der Waals surface area (Å²) in [5.74, 6) is 0.207. The quantitative estimate of drug-likeness (QED) is 0.812. The SMILES string of the molecule is CN[C@@H](C)C(=O)N(Cc1ccc(SC)cc1)C1CC1. The molecule has 2 rings (SSSR count). The van der Waals surface area contributed by atoms with Crippen molar-refractivity contribution in [1.82, 2.24) is 10.2 Å². The summed E-state index contributed by atoms with van der Waals surface area (Å²) >= 11 is 1.74. The van der Waals surface area contributed by atoms with E-state index >= 15 is 0 Å². The van der Waals surface area contributed by atoms with E-state index in [0.29, 0.717) is 6.04 Å². The second kappa shape index (κ2) is 6.44. The molecular weight excluding hydrogens is 256 g/mol. The molecule has 0 radical (unpaired) electrons. The van der Waals surface area contributed by atoms with Crippen molar-refractivity contribution in [3.05, 3.63) is 29.8 Å². The number of carbonyl (C=O) groups excluding carboxylic acids is 1. The van der Waals surface area contributed by atoms with Crippen molar-refractivity contribution in [1.29, 1.82) is 0 Å². The second-order valence-electron chi connectivity index (χ2n) is 5.06. The Morgan fingerprint density at radius 2 is 2.05 bits per heavy atom. The van der Waals surface area contributed by atoms with Crippen molar-refractivity contribution >= 4 is 17.7 Å². The highest BCUT2D eigenvalue weighted by molar-refractivity contribution is 7.98. The van der Waals surface area contributed by atoms with Gasteiger partial charge in [0, 0.05) is 17.5 Å². The molecule has 104 valence electrons. The maximum Gasteiger partial charge on any atom is 0.239 e. The van der Waals surface area contributed by atoms with Crippen LogP contribution < -0.4 is 5.32 Å². The predicted molar refractivity (Wildman–Crippen MR) is 80.3 cm³/mol. The van der Waals surface area contributed by atoms with Crippen LogP contribution in [0.4, 0.5) is 0 Å². The summed E-state index contributed by atoms with van der Waals surface area (Å²) in [5.41, 5.74) is 1.21. The molecule has 4 heteroatoms. The van der Waals surface area contributed by atoms with E-state index in [0.717, 1.165) is 19.4 Å². The molecule has 0 heterocycles. The predicted octanol–water partition coefficient (Wildman–Crippen LogP) is 2.51. The van der Waals surface area contributed by atoms with Gasteiger partial charge in [-0.2, -0.15) is 0 Å². The summed E-state index contributed by atoms with van der Waals surface area (Å²) in [5, 5.41) is 3.04. The molecule has 0 aromatic heterocycles. The van der Waals surface area contributed by atoms with Crippen LogP contribution in [-0.4, -0.2) is 36.2 Å². The van der Waals surface area contributed by atoms with Crippen LogP contribution in [0.1, 0.15) is 25.3 Å². The van der Waals surface area contributed by atoms with Gasteiger partial charge in [0.2, 0.25) is 5.91 Å². The van der Waals surface area contributed by atoms with Gasteiger partial charge in [0.25, 0.3) is 0 Å². The van der Waals surface area contributed by atoms with E-state index < -0.39 is 0 Å². The second-order valence-corrected chi connectivity index (χ2v) is 5.94. The van der Waals surface area contributed by atoms with E-state index in [-0.39, 0.29) is 11.9 Å². The average Bonchev–Trinajstić information content (AvgIpc) is 3.28. The van der Waals surface area contributed by atoms with Crippen molar-refractivity contribution in [3.8, 4) is 0 Å². The van der Waals surface area contributed by atoms with Crippen LogP contribution in [0.5, 0.6) is 0 Å². The smallest absolute Gasteiger partial charge is 0.239 e. The number of likely N-dealkylation sites (N-methyl/N-ethyl adjacent to an activating group) is 1. The third-order valence-corrected chi connectivity index (χ3v) is 4.33. The third-order valence-electron chi connectivity index (χ3n) is 3.59. The Balaban J connectivity index is 2.05. The molecule has 0 unspecified atom stereocenters. The van der Waals surface area contributed by atoms with Gasteiger partial charge in [-0.05, 0) is 50.8 Å². The molecule has 0 saturated heterocycles. The third kappa shape index (κ3) is 3.74. The lowest BCUT2D eigenvalue weighted by molar-refractivity contribution is -0.134. The molecule has 19 heavy (non-hydrogen) atoms. The van der Waals surface area contributed by atoms with Crippen LogP contribution in [0.15, 0.2) is 29.2 Å². The first-order valence-electron chi connectivity index (χ1n) is 6.76. The Kier molecular flexibility index (Phi) is 4.88. The minimum Gasteiger partial charge on any atom is -0.334 e. The summed E-state index contributed by atoms with van der Waals surface area (Å²) in [6, 6.07) is 8.83. The van der Waals surface area contributed by atoms with Gasteiger partial charge < -0.3 is 10.2 Å². The van der Waals surface area contributed by atoms with Gasteiger partial charge in [-0.25, -0.2) is 0 Å². The molecule has 1 aliphatic carbocycles. The molecule has 1 N–H and O–H groups in total. The molecule has 1 amide bonds. The molecule has 0 aliphatic heterocycles. The molecule has 1 atom stereocenters. The van der Waals surface area contributed by atoms with Gasteiger partial charge in [-0.15, -0.1) is 11.8 Å². The Morgan fingerprint density at radius 1 is 1.42 bits per heavy atom. The van der Waals surface area contributed by atoms with Crippen LogP contribution in [0, 0.1) is 0 Å². The zero-order valence-corrected chi connectivity index (χ0v) is 12.7. The van der Waals surface area contributed by atoms with E-state index in [4.69, 9.17) is 0 Å². The number of thioether (sulfide) groups is 1. The number of hydrogen-bond donors (Lipinski definition) is 1. The molecule has 1 saturated carbocycles. The molecular formula is C15H22N2OS. The summed E-state index contributed by atoms with van der Waals surface area (Å²) in [4.78, 5) is 15.6. The highest BCUT2D eigenvalue weighted by atomic mass is 32.2. The highest BCUT2D eigenvalue weighted by Gasteiger charge is 2.34. The van der Waals surface area contributed by atoms with Gasteiger partial charge in [0.1, 0.15) is 0 Å². The molecule has 1 aromatic rings. The van der Waals surface area contributed by atoms with Crippen LogP contribution in [-0.2, 0) is 11.3 Å². The molecule has 1 fully saturated rings. The molecule has 1 aromatic carbocycles. The normalized spacial score (nSPS) is 16.2. The number of benzene rings is 1. The lowest BCUT2D eigenvalue weighted by atomic mass is 10.2. The first-order valence-corrected chi connectivity index (χ1v) is 7.99. The molecule has 0 bridgehead atoms. The minimum atomic E-state index is -0.105. The van der Waals surface area contributed by atoms with E-state index in [1.165, 1.54) is 10.5 Å². The van der Waals surface area contributed by atoms with E-state index in [1.807, 2.05) is 18.9 Å². The molecule has 0 spiro atoms. The Morgan fingerprint density at radius 3 is 2.53 bits per heavy atom. The van der Waals surface area contributed by atoms with Gasteiger partial charge in [0.05, 0.1) is 6.04 Å². The van der Waals surface area contributed by atoms with Crippen molar-refractivity contribution in [2.75, 3.05) is 13.3 Å². The minimum absolute atomic E-state index is 0.105. The fourth-order valence-corrected chi connectivity index (χ4v) is 2.48. The van der Waals surface area contributed by atoms with Crippen molar-refractivity contribution < 1.29 is 4.79 Å². The lowest BCUT2D eigenvalue weighted by Crippen LogP contribution is -2.44. The number of hydrogen-bond acceptors (Lipinski definition) is 3. The first kappa shape index (κ1) is 14.4. The topological polar surface area (TPSA) is 32.3 Å². The van der Waals surface area contributed by atoms with Crippen LogP contribution in [0.25, 0.3) is 0 Å². The molecule has 1 aliphatic rings. The van der Waals surface area contributed by atoms with Crippen molar-refractivity contribution in [2.24, 2.45) is 0 Å². The van der Waals surface area contributed by atoms with Gasteiger partial charge >= 0.3 is 0 Å². The van der Waals surface area contributed by atoms with Crippen molar-refractivity contribution in [2.45, 2.75) is 43.3 Å². The number of rotatable bonds is 6. The highest BCUT2D eigenvalue weighted by Crippen LogP contribution is 2.29. The number of nitrogens with one attached hydrogen (secondary N) is 1. The van der Waals surface area contributed by atoms with Gasteiger partial charge in [-0.3, -0.25) is 4.79 Å². The summed E-state index contributed by atoms with van der Waals surface area (Å²) < 4.78 is 0. The monoisotopic (exact) mass is 278 g/mol. The average molecular weight is 278 g/mol. The van der Waals surface area contributed by atoms with E-state index in [1.54, 1.807) is 11.8 Å². The fourth-order valence-electron chi connectivity index (χ4n) is 2.07. The Labute approximate surface area is 119 Å². The summed E-state index contributed by atoms with van der Waals surface area (Å²) in [6.45, 7) is 2.65. The summed E-state index contributed by atoms with van der Waals surface area (Å²) in [6.07, 6.45) is 4.36. The molecule has 3 nitrogen and oxygen atoms in total. The van der Waals surface area contributed by atoms with Crippen LogP contribution in [0.2, 0.25) is 0 Å².